The van der Waals surface area contributed by atoms with Gasteiger partial charge in [-0.05, 0) is 43.7 Å². The summed E-state index contributed by atoms with van der Waals surface area (Å²) in [4.78, 5) is 26.5. The second-order valence-corrected chi connectivity index (χ2v) is 6.46. The number of para-hydroxylation sites is 1. The molecule has 1 saturated carbocycles. The van der Waals surface area contributed by atoms with Gasteiger partial charge in [-0.1, -0.05) is 18.6 Å². The molecule has 1 N–H and O–H groups in total. The van der Waals surface area contributed by atoms with Crippen molar-refractivity contribution >= 4 is 17.6 Å². The molecule has 1 aromatic carbocycles. The molecule has 3 rings (SSSR count). The zero-order chi connectivity index (χ0) is 16.2. The van der Waals surface area contributed by atoms with Crippen molar-refractivity contribution in [1.29, 1.82) is 0 Å². The summed E-state index contributed by atoms with van der Waals surface area (Å²) < 4.78 is 5.03. The number of ether oxygens (including phenoxy) is 1. The Morgan fingerprint density at radius 2 is 1.91 bits per heavy atom. The summed E-state index contributed by atoms with van der Waals surface area (Å²) in [6, 6.07) is 6.99. The quantitative estimate of drug-likeness (QED) is 0.848. The van der Waals surface area contributed by atoms with Crippen LogP contribution in [0.25, 0.3) is 0 Å². The van der Waals surface area contributed by atoms with E-state index < -0.39 is 5.97 Å². The van der Waals surface area contributed by atoms with Gasteiger partial charge in [0.25, 0.3) is 0 Å². The zero-order valence-electron chi connectivity index (χ0n) is 13.6. The van der Waals surface area contributed by atoms with Crippen molar-refractivity contribution in [2.45, 2.75) is 26.2 Å². The molecule has 0 bridgehead atoms. The van der Waals surface area contributed by atoms with Crippen LogP contribution in [-0.4, -0.2) is 43.0 Å². The van der Waals surface area contributed by atoms with Gasteiger partial charge < -0.3 is 10.1 Å². The Labute approximate surface area is 137 Å². The number of fused-ring (bicyclic) bond motifs is 1. The van der Waals surface area contributed by atoms with Crippen LogP contribution in [0.3, 0.4) is 0 Å². The Balaban J connectivity index is 1.59. The molecule has 5 nitrogen and oxygen atoms in total. The van der Waals surface area contributed by atoms with Gasteiger partial charge in [0.1, 0.15) is 0 Å². The number of carbonyl (C=O) groups excluding carboxylic acids is 2. The predicted molar refractivity (Wildman–Crippen MR) is 88.3 cm³/mol. The highest BCUT2D eigenvalue weighted by molar-refractivity contribution is 6.01. The lowest BCUT2D eigenvalue weighted by atomic mass is 10.0. The van der Waals surface area contributed by atoms with Crippen LogP contribution >= 0.6 is 0 Å². The molecule has 0 aromatic heterocycles. The monoisotopic (exact) mass is 316 g/mol. The second-order valence-electron chi connectivity index (χ2n) is 6.46. The summed E-state index contributed by atoms with van der Waals surface area (Å²) in [7, 11) is 0. The molecule has 2 unspecified atom stereocenters. The molecule has 2 aliphatic rings. The number of nitrogens with zero attached hydrogens (tertiary/aromatic N) is 1. The summed E-state index contributed by atoms with van der Waals surface area (Å²) in [5.74, 6) is 1.07. The fourth-order valence-electron chi connectivity index (χ4n) is 3.83. The van der Waals surface area contributed by atoms with E-state index in [0.29, 0.717) is 24.4 Å². The number of nitrogens with one attached hydrogen (secondary N) is 1. The third-order valence-corrected chi connectivity index (χ3v) is 4.87. The number of amides is 1. The molecule has 1 heterocycles. The molecule has 0 spiro atoms. The Morgan fingerprint density at radius 1 is 1.22 bits per heavy atom. The van der Waals surface area contributed by atoms with E-state index >= 15 is 0 Å². The molecular formula is C18H24N2O3. The molecule has 5 heteroatoms. The lowest BCUT2D eigenvalue weighted by Gasteiger charge is -2.17. The lowest BCUT2D eigenvalue weighted by Crippen LogP contribution is -2.32. The number of anilines is 1. The Morgan fingerprint density at radius 3 is 2.61 bits per heavy atom. The third-order valence-electron chi connectivity index (χ3n) is 4.87. The molecule has 0 radical (unpaired) electrons. The molecule has 2 atom stereocenters. The fraction of sp³-hybridized carbons (Fsp3) is 0.556. The molecule has 1 aromatic rings. The standard InChI is InChI=1S/C18H24N2O3/c1-2-23-18(22)15-8-3-4-9-16(15)19-17(21)12-20-10-13-6-5-7-14(13)11-20/h3-4,8-9,13-14H,2,5-7,10-12H2,1H3,(H,19,21). The maximum Gasteiger partial charge on any atom is 0.340 e. The maximum atomic E-state index is 12.3. The van der Waals surface area contributed by atoms with Crippen molar-refractivity contribution in [3.63, 3.8) is 0 Å². The molecule has 1 saturated heterocycles. The van der Waals surface area contributed by atoms with Crippen LogP contribution in [0.5, 0.6) is 0 Å². The number of likely N-dealkylation sites (tertiary alicyclic amines) is 1. The van der Waals surface area contributed by atoms with Crippen molar-refractivity contribution in [2.75, 3.05) is 31.6 Å². The van der Waals surface area contributed by atoms with E-state index in [1.807, 2.05) is 0 Å². The maximum absolute atomic E-state index is 12.3. The fourth-order valence-corrected chi connectivity index (χ4v) is 3.83. The molecule has 23 heavy (non-hydrogen) atoms. The summed E-state index contributed by atoms with van der Waals surface area (Å²) in [6.07, 6.45) is 3.94. The largest absolute Gasteiger partial charge is 0.462 e. The van der Waals surface area contributed by atoms with Gasteiger partial charge >= 0.3 is 5.97 Å². The number of hydrogen-bond acceptors (Lipinski definition) is 4. The van der Waals surface area contributed by atoms with Crippen LogP contribution in [0.15, 0.2) is 24.3 Å². The smallest absolute Gasteiger partial charge is 0.340 e. The first kappa shape index (κ1) is 16.0. The summed E-state index contributed by atoms with van der Waals surface area (Å²) in [5.41, 5.74) is 0.927. The highest BCUT2D eigenvalue weighted by Crippen LogP contribution is 2.37. The first-order chi connectivity index (χ1) is 11.2. The van der Waals surface area contributed by atoms with Crippen LogP contribution in [0, 0.1) is 11.8 Å². The highest BCUT2D eigenvalue weighted by atomic mass is 16.5. The van der Waals surface area contributed by atoms with E-state index in [2.05, 4.69) is 10.2 Å². The molecule has 1 aliphatic carbocycles. The van der Waals surface area contributed by atoms with E-state index in [-0.39, 0.29) is 5.91 Å². The minimum atomic E-state index is -0.404. The van der Waals surface area contributed by atoms with Crippen molar-refractivity contribution < 1.29 is 14.3 Å². The van der Waals surface area contributed by atoms with Crippen LogP contribution in [0.2, 0.25) is 0 Å². The number of hydrogen-bond donors (Lipinski definition) is 1. The van der Waals surface area contributed by atoms with Gasteiger partial charge in [-0.2, -0.15) is 0 Å². The Kier molecular flexibility index (Phi) is 4.96. The molecule has 124 valence electrons. The van der Waals surface area contributed by atoms with Gasteiger partial charge in [-0.25, -0.2) is 4.79 Å². The topological polar surface area (TPSA) is 58.6 Å². The summed E-state index contributed by atoms with van der Waals surface area (Å²) in [5, 5.41) is 2.86. The number of benzene rings is 1. The molecule has 1 amide bonds. The van der Waals surface area contributed by atoms with Gasteiger partial charge in [0, 0.05) is 13.1 Å². The van der Waals surface area contributed by atoms with Crippen LogP contribution in [0.1, 0.15) is 36.5 Å². The van der Waals surface area contributed by atoms with Gasteiger partial charge in [0.05, 0.1) is 24.4 Å². The average Bonchev–Trinajstić information content (AvgIpc) is 3.09. The Bertz CT molecular complexity index is 575. The number of rotatable bonds is 5. The minimum absolute atomic E-state index is 0.0679. The van der Waals surface area contributed by atoms with Gasteiger partial charge in [0.2, 0.25) is 5.91 Å². The first-order valence-electron chi connectivity index (χ1n) is 8.45. The van der Waals surface area contributed by atoms with E-state index in [1.54, 1.807) is 31.2 Å². The second kappa shape index (κ2) is 7.13. The van der Waals surface area contributed by atoms with E-state index in [1.165, 1.54) is 19.3 Å². The SMILES string of the molecule is CCOC(=O)c1ccccc1NC(=O)CN1CC2CCCC2C1. The molecular weight excluding hydrogens is 292 g/mol. The van der Waals surface area contributed by atoms with Gasteiger partial charge in [-0.15, -0.1) is 0 Å². The van der Waals surface area contributed by atoms with Crippen molar-refractivity contribution in [3.8, 4) is 0 Å². The third kappa shape index (κ3) is 3.72. The van der Waals surface area contributed by atoms with E-state index in [9.17, 15) is 9.59 Å². The first-order valence-corrected chi connectivity index (χ1v) is 8.45. The van der Waals surface area contributed by atoms with Gasteiger partial charge in [-0.3, -0.25) is 9.69 Å². The van der Waals surface area contributed by atoms with Crippen molar-refractivity contribution in [3.05, 3.63) is 29.8 Å². The average molecular weight is 316 g/mol. The van der Waals surface area contributed by atoms with Crippen LogP contribution < -0.4 is 5.32 Å². The molecule has 2 fully saturated rings. The lowest BCUT2D eigenvalue weighted by molar-refractivity contribution is -0.117. The van der Waals surface area contributed by atoms with Crippen LogP contribution in [0.4, 0.5) is 5.69 Å². The van der Waals surface area contributed by atoms with E-state index in [0.717, 1.165) is 24.9 Å². The highest BCUT2D eigenvalue weighted by Gasteiger charge is 2.36. The van der Waals surface area contributed by atoms with Crippen molar-refractivity contribution in [1.82, 2.24) is 4.90 Å². The molecule has 1 aliphatic heterocycles. The number of carbonyl (C=O) groups is 2. The predicted octanol–water partition coefficient (Wildman–Crippen LogP) is 2.53. The summed E-state index contributed by atoms with van der Waals surface area (Å²) in [6.45, 7) is 4.53. The Hall–Kier alpha value is -1.88. The normalized spacial score (nSPS) is 23.5. The summed E-state index contributed by atoms with van der Waals surface area (Å²) >= 11 is 0. The zero-order valence-corrected chi connectivity index (χ0v) is 13.6. The minimum Gasteiger partial charge on any atom is -0.462 e. The van der Waals surface area contributed by atoms with E-state index in [4.69, 9.17) is 4.74 Å². The van der Waals surface area contributed by atoms with Crippen molar-refractivity contribution in [2.24, 2.45) is 11.8 Å². The van der Waals surface area contributed by atoms with Gasteiger partial charge in [0.15, 0.2) is 0 Å². The van der Waals surface area contributed by atoms with Crippen LogP contribution in [-0.2, 0) is 9.53 Å². The number of esters is 1.